The standard InChI is InChI=1S/C11H22OS/c1-3-5-6-7-8-9-10(12)11(13)4-2/h11,13H,3-9H2,1-2H3. The maximum atomic E-state index is 11.3. The molecular formula is C11H22OS. The number of unbranched alkanes of at least 4 members (excludes halogenated alkanes) is 4. The van der Waals surface area contributed by atoms with E-state index in [2.05, 4.69) is 19.6 Å². The van der Waals surface area contributed by atoms with Crippen molar-refractivity contribution in [1.82, 2.24) is 0 Å². The molecule has 0 aromatic rings. The molecule has 0 aromatic carbocycles. The van der Waals surface area contributed by atoms with Gasteiger partial charge in [0, 0.05) is 6.42 Å². The zero-order chi connectivity index (χ0) is 10.1. The minimum atomic E-state index is -0.0221. The fourth-order valence-corrected chi connectivity index (χ4v) is 1.43. The molecule has 0 rings (SSSR count). The van der Waals surface area contributed by atoms with Crippen molar-refractivity contribution < 1.29 is 4.79 Å². The highest BCUT2D eigenvalue weighted by Crippen LogP contribution is 2.10. The van der Waals surface area contributed by atoms with E-state index in [0.29, 0.717) is 5.78 Å². The molecule has 1 atom stereocenters. The van der Waals surface area contributed by atoms with Crippen LogP contribution in [0.1, 0.15) is 58.8 Å². The number of Topliss-reactive ketones (excluding diaryl/α,β-unsaturated/α-hetero) is 1. The van der Waals surface area contributed by atoms with Crippen molar-refractivity contribution in [3.05, 3.63) is 0 Å². The second kappa shape index (κ2) is 8.61. The largest absolute Gasteiger partial charge is 0.298 e. The zero-order valence-corrected chi connectivity index (χ0v) is 9.78. The normalized spacial score (nSPS) is 12.8. The Balaban J connectivity index is 3.27. The molecule has 0 aromatic heterocycles. The summed E-state index contributed by atoms with van der Waals surface area (Å²) in [6.45, 7) is 4.21. The van der Waals surface area contributed by atoms with E-state index in [4.69, 9.17) is 0 Å². The number of hydrogen-bond donors (Lipinski definition) is 1. The monoisotopic (exact) mass is 202 g/mol. The van der Waals surface area contributed by atoms with Gasteiger partial charge in [0.2, 0.25) is 0 Å². The van der Waals surface area contributed by atoms with Crippen LogP contribution in [0.2, 0.25) is 0 Å². The first-order valence-electron chi connectivity index (χ1n) is 5.43. The van der Waals surface area contributed by atoms with Crippen molar-refractivity contribution >= 4 is 18.4 Å². The molecule has 0 aliphatic rings. The lowest BCUT2D eigenvalue weighted by atomic mass is 10.1. The van der Waals surface area contributed by atoms with E-state index in [0.717, 1.165) is 19.3 Å². The molecule has 0 aliphatic heterocycles. The SMILES string of the molecule is CCCCCCCC(=O)C(S)CC. The van der Waals surface area contributed by atoms with Crippen LogP contribution in [0.4, 0.5) is 0 Å². The van der Waals surface area contributed by atoms with Crippen LogP contribution in [0.25, 0.3) is 0 Å². The van der Waals surface area contributed by atoms with Crippen molar-refractivity contribution in [3.63, 3.8) is 0 Å². The number of hydrogen-bond acceptors (Lipinski definition) is 2. The highest BCUT2D eigenvalue weighted by Gasteiger charge is 2.09. The summed E-state index contributed by atoms with van der Waals surface area (Å²) >= 11 is 4.22. The summed E-state index contributed by atoms with van der Waals surface area (Å²) in [5.41, 5.74) is 0. The van der Waals surface area contributed by atoms with Crippen molar-refractivity contribution in [2.24, 2.45) is 0 Å². The lowest BCUT2D eigenvalue weighted by Crippen LogP contribution is -2.12. The number of rotatable bonds is 8. The maximum Gasteiger partial charge on any atom is 0.145 e. The van der Waals surface area contributed by atoms with Crippen LogP contribution in [0.5, 0.6) is 0 Å². The first kappa shape index (κ1) is 13.0. The molecule has 1 nitrogen and oxygen atoms in total. The van der Waals surface area contributed by atoms with Crippen LogP contribution in [-0.4, -0.2) is 11.0 Å². The number of carbonyl (C=O) groups excluding carboxylic acids is 1. The van der Waals surface area contributed by atoms with Crippen molar-refractivity contribution in [2.75, 3.05) is 0 Å². The molecule has 0 radical (unpaired) electrons. The van der Waals surface area contributed by atoms with Gasteiger partial charge in [0.05, 0.1) is 5.25 Å². The Kier molecular flexibility index (Phi) is 8.62. The van der Waals surface area contributed by atoms with Gasteiger partial charge < -0.3 is 0 Å². The molecule has 0 aliphatic carbocycles. The Morgan fingerprint density at radius 2 is 1.77 bits per heavy atom. The highest BCUT2D eigenvalue weighted by atomic mass is 32.1. The van der Waals surface area contributed by atoms with Crippen LogP contribution in [0.3, 0.4) is 0 Å². The van der Waals surface area contributed by atoms with E-state index in [1.807, 2.05) is 6.92 Å². The quantitative estimate of drug-likeness (QED) is 0.470. The second-order valence-corrected chi connectivity index (χ2v) is 4.18. The fraction of sp³-hybridized carbons (Fsp3) is 0.909. The van der Waals surface area contributed by atoms with E-state index < -0.39 is 0 Å². The van der Waals surface area contributed by atoms with Gasteiger partial charge in [-0.15, -0.1) is 0 Å². The van der Waals surface area contributed by atoms with Crippen molar-refractivity contribution in [3.8, 4) is 0 Å². The number of carbonyl (C=O) groups is 1. The second-order valence-electron chi connectivity index (χ2n) is 3.55. The van der Waals surface area contributed by atoms with Crippen molar-refractivity contribution in [1.29, 1.82) is 0 Å². The van der Waals surface area contributed by atoms with Gasteiger partial charge in [0.25, 0.3) is 0 Å². The van der Waals surface area contributed by atoms with E-state index in [1.54, 1.807) is 0 Å². The van der Waals surface area contributed by atoms with E-state index in [1.165, 1.54) is 25.7 Å². The van der Waals surface area contributed by atoms with Crippen LogP contribution in [0.15, 0.2) is 0 Å². The summed E-state index contributed by atoms with van der Waals surface area (Å²) in [6, 6.07) is 0. The molecule has 0 heterocycles. The predicted molar refractivity (Wildman–Crippen MR) is 61.4 cm³/mol. The Bertz CT molecular complexity index is 134. The minimum absolute atomic E-state index is 0.0221. The van der Waals surface area contributed by atoms with Gasteiger partial charge in [-0.1, -0.05) is 39.5 Å². The molecule has 0 N–H and O–H groups in total. The lowest BCUT2D eigenvalue weighted by molar-refractivity contribution is -0.118. The fourth-order valence-electron chi connectivity index (χ4n) is 1.30. The third-order valence-electron chi connectivity index (χ3n) is 2.29. The first-order chi connectivity index (χ1) is 6.22. The van der Waals surface area contributed by atoms with Crippen LogP contribution >= 0.6 is 12.6 Å². The van der Waals surface area contributed by atoms with Crippen LogP contribution in [0, 0.1) is 0 Å². The van der Waals surface area contributed by atoms with Gasteiger partial charge in [-0.3, -0.25) is 4.79 Å². The Hall–Kier alpha value is 0.0200. The summed E-state index contributed by atoms with van der Waals surface area (Å²) in [6.07, 6.45) is 7.67. The molecule has 1 unspecified atom stereocenters. The minimum Gasteiger partial charge on any atom is -0.298 e. The third-order valence-corrected chi connectivity index (χ3v) is 2.94. The van der Waals surface area contributed by atoms with Gasteiger partial charge in [0.15, 0.2) is 0 Å². The van der Waals surface area contributed by atoms with E-state index in [-0.39, 0.29) is 5.25 Å². The molecule has 0 saturated heterocycles. The molecule has 0 fully saturated rings. The summed E-state index contributed by atoms with van der Waals surface area (Å²) in [5.74, 6) is 0.322. The van der Waals surface area contributed by atoms with Gasteiger partial charge in [-0.25, -0.2) is 0 Å². The molecule has 0 bridgehead atoms. The molecule has 0 saturated carbocycles. The molecular weight excluding hydrogens is 180 g/mol. The number of thiol groups is 1. The zero-order valence-electron chi connectivity index (χ0n) is 8.88. The smallest absolute Gasteiger partial charge is 0.145 e. The number of ketones is 1. The van der Waals surface area contributed by atoms with E-state index >= 15 is 0 Å². The maximum absolute atomic E-state index is 11.3. The average Bonchev–Trinajstić information content (AvgIpc) is 2.16. The predicted octanol–water partition coefficient (Wildman–Crippen LogP) is 3.62. The van der Waals surface area contributed by atoms with Gasteiger partial charge in [-0.05, 0) is 12.8 Å². The topological polar surface area (TPSA) is 17.1 Å². The summed E-state index contributed by atoms with van der Waals surface area (Å²) < 4.78 is 0. The first-order valence-corrected chi connectivity index (χ1v) is 5.94. The summed E-state index contributed by atoms with van der Waals surface area (Å²) in [7, 11) is 0. The molecule has 0 spiro atoms. The lowest BCUT2D eigenvalue weighted by Gasteiger charge is -2.05. The Labute approximate surface area is 87.7 Å². The average molecular weight is 202 g/mol. The summed E-state index contributed by atoms with van der Waals surface area (Å²) in [4.78, 5) is 11.3. The Morgan fingerprint density at radius 1 is 1.15 bits per heavy atom. The van der Waals surface area contributed by atoms with Gasteiger partial charge in [0.1, 0.15) is 5.78 Å². The molecule has 0 amide bonds. The van der Waals surface area contributed by atoms with Crippen molar-refractivity contribution in [2.45, 2.75) is 64.0 Å². The van der Waals surface area contributed by atoms with E-state index in [9.17, 15) is 4.79 Å². The molecule has 13 heavy (non-hydrogen) atoms. The highest BCUT2D eigenvalue weighted by molar-refractivity contribution is 7.81. The molecule has 78 valence electrons. The summed E-state index contributed by atoms with van der Waals surface area (Å²) in [5, 5.41) is -0.0221. The Morgan fingerprint density at radius 3 is 2.31 bits per heavy atom. The van der Waals surface area contributed by atoms with Crippen LogP contribution in [-0.2, 0) is 4.79 Å². The van der Waals surface area contributed by atoms with Crippen LogP contribution < -0.4 is 0 Å². The van der Waals surface area contributed by atoms with Gasteiger partial charge in [-0.2, -0.15) is 12.6 Å². The third kappa shape index (κ3) is 7.12. The van der Waals surface area contributed by atoms with Gasteiger partial charge >= 0.3 is 0 Å². The molecule has 2 heteroatoms.